The topological polar surface area (TPSA) is 46.3 Å². The molecule has 0 saturated heterocycles. The predicted octanol–water partition coefficient (Wildman–Crippen LogP) is 2.81. The van der Waals surface area contributed by atoms with E-state index in [1.807, 2.05) is 6.92 Å². The van der Waals surface area contributed by atoms with Crippen LogP contribution in [-0.2, 0) is 0 Å². The van der Waals surface area contributed by atoms with Gasteiger partial charge in [-0.2, -0.15) is 0 Å². The number of nitrogens with two attached hydrogens (primary N) is 1. The van der Waals surface area contributed by atoms with Crippen LogP contribution in [-0.4, -0.2) is 23.4 Å². The lowest BCUT2D eigenvalue weighted by molar-refractivity contribution is 0.0696. The Bertz CT molecular complexity index is 447. The molecule has 0 saturated carbocycles. The SMILES string of the molecule is CCCN(C(=O)c1c(F)ccc(N)c1F)C(C)C. The van der Waals surface area contributed by atoms with Gasteiger partial charge < -0.3 is 10.6 Å². The van der Waals surface area contributed by atoms with Crippen molar-refractivity contribution in [1.82, 2.24) is 4.90 Å². The number of hydrogen-bond donors (Lipinski definition) is 1. The Morgan fingerprint density at radius 2 is 2.00 bits per heavy atom. The Labute approximate surface area is 106 Å². The van der Waals surface area contributed by atoms with E-state index in [1.54, 1.807) is 13.8 Å². The third-order valence-electron chi connectivity index (χ3n) is 2.68. The fourth-order valence-electron chi connectivity index (χ4n) is 1.74. The molecule has 3 nitrogen and oxygen atoms in total. The summed E-state index contributed by atoms with van der Waals surface area (Å²) in [5, 5.41) is 0. The summed E-state index contributed by atoms with van der Waals surface area (Å²) in [6, 6.07) is 1.99. The fraction of sp³-hybridized carbons (Fsp3) is 0.462. The molecule has 0 aromatic heterocycles. The highest BCUT2D eigenvalue weighted by molar-refractivity contribution is 5.95. The Balaban J connectivity index is 3.20. The van der Waals surface area contributed by atoms with Crippen molar-refractivity contribution in [2.75, 3.05) is 12.3 Å². The van der Waals surface area contributed by atoms with Crippen LogP contribution in [0.15, 0.2) is 12.1 Å². The number of carbonyl (C=O) groups is 1. The van der Waals surface area contributed by atoms with Gasteiger partial charge in [0.05, 0.1) is 5.69 Å². The predicted molar refractivity (Wildman–Crippen MR) is 67.2 cm³/mol. The number of halogens is 2. The van der Waals surface area contributed by atoms with Crippen LogP contribution in [0.5, 0.6) is 0 Å². The summed E-state index contributed by atoms with van der Waals surface area (Å²) in [4.78, 5) is 13.6. The molecule has 0 aliphatic rings. The first-order valence-electron chi connectivity index (χ1n) is 5.94. The summed E-state index contributed by atoms with van der Waals surface area (Å²) in [5.74, 6) is -2.52. The number of rotatable bonds is 4. The maximum absolute atomic E-state index is 13.8. The van der Waals surface area contributed by atoms with Crippen LogP contribution in [0.4, 0.5) is 14.5 Å². The largest absolute Gasteiger partial charge is 0.396 e. The van der Waals surface area contributed by atoms with E-state index in [2.05, 4.69) is 0 Å². The second-order valence-electron chi connectivity index (χ2n) is 4.42. The molecule has 0 heterocycles. The molecule has 0 unspecified atom stereocenters. The van der Waals surface area contributed by atoms with Gasteiger partial charge in [0.1, 0.15) is 11.4 Å². The zero-order valence-electron chi connectivity index (χ0n) is 10.8. The molecule has 0 aliphatic heterocycles. The zero-order valence-corrected chi connectivity index (χ0v) is 10.8. The molecule has 0 fully saturated rings. The van der Waals surface area contributed by atoms with Gasteiger partial charge in [0, 0.05) is 12.6 Å². The van der Waals surface area contributed by atoms with Crippen LogP contribution in [0.1, 0.15) is 37.6 Å². The average molecular weight is 256 g/mol. The molecule has 1 aromatic rings. The van der Waals surface area contributed by atoms with Crippen LogP contribution in [0.2, 0.25) is 0 Å². The molecular formula is C13H18F2N2O. The molecule has 1 amide bonds. The van der Waals surface area contributed by atoms with E-state index in [1.165, 1.54) is 4.90 Å². The molecular weight excluding hydrogens is 238 g/mol. The Morgan fingerprint density at radius 1 is 1.39 bits per heavy atom. The summed E-state index contributed by atoms with van der Waals surface area (Å²) in [5.41, 5.74) is 4.57. The molecule has 0 aliphatic carbocycles. The molecule has 0 atom stereocenters. The standard InChI is InChI=1S/C13H18F2N2O/c1-4-7-17(8(2)3)13(18)11-9(14)5-6-10(16)12(11)15/h5-6,8H,4,7,16H2,1-3H3. The Morgan fingerprint density at radius 3 is 2.50 bits per heavy atom. The Hall–Kier alpha value is -1.65. The number of nitrogen functional groups attached to an aromatic ring is 1. The van der Waals surface area contributed by atoms with Crippen molar-refractivity contribution in [2.24, 2.45) is 0 Å². The number of hydrogen-bond acceptors (Lipinski definition) is 2. The number of carbonyl (C=O) groups excluding carboxylic acids is 1. The number of anilines is 1. The number of benzene rings is 1. The lowest BCUT2D eigenvalue weighted by Gasteiger charge is -2.26. The van der Waals surface area contributed by atoms with Crippen LogP contribution >= 0.6 is 0 Å². The van der Waals surface area contributed by atoms with E-state index >= 15 is 0 Å². The van der Waals surface area contributed by atoms with Crippen molar-refractivity contribution in [3.8, 4) is 0 Å². The molecule has 1 rings (SSSR count). The smallest absolute Gasteiger partial charge is 0.260 e. The highest BCUT2D eigenvalue weighted by atomic mass is 19.1. The van der Waals surface area contributed by atoms with Crippen LogP contribution < -0.4 is 5.73 Å². The fourth-order valence-corrected chi connectivity index (χ4v) is 1.74. The van der Waals surface area contributed by atoms with Gasteiger partial charge in [-0.15, -0.1) is 0 Å². The van der Waals surface area contributed by atoms with E-state index in [-0.39, 0.29) is 11.7 Å². The molecule has 5 heteroatoms. The highest BCUT2D eigenvalue weighted by Crippen LogP contribution is 2.21. The Kier molecular flexibility index (Phi) is 4.64. The minimum absolute atomic E-state index is 0.127. The van der Waals surface area contributed by atoms with Crippen molar-refractivity contribution < 1.29 is 13.6 Å². The molecule has 100 valence electrons. The van der Waals surface area contributed by atoms with E-state index in [0.717, 1.165) is 18.6 Å². The van der Waals surface area contributed by atoms with E-state index < -0.39 is 23.1 Å². The number of nitrogens with zero attached hydrogens (tertiary/aromatic N) is 1. The van der Waals surface area contributed by atoms with Crippen molar-refractivity contribution in [3.63, 3.8) is 0 Å². The van der Waals surface area contributed by atoms with E-state index in [0.29, 0.717) is 6.54 Å². The zero-order chi connectivity index (χ0) is 13.9. The summed E-state index contributed by atoms with van der Waals surface area (Å²) in [6.07, 6.45) is 0.718. The van der Waals surface area contributed by atoms with Crippen molar-refractivity contribution >= 4 is 11.6 Å². The van der Waals surface area contributed by atoms with E-state index in [4.69, 9.17) is 5.73 Å². The minimum atomic E-state index is -0.984. The van der Waals surface area contributed by atoms with Gasteiger partial charge >= 0.3 is 0 Å². The summed E-state index contributed by atoms with van der Waals surface area (Å²) in [6.45, 7) is 5.95. The van der Waals surface area contributed by atoms with Crippen molar-refractivity contribution in [3.05, 3.63) is 29.3 Å². The lowest BCUT2D eigenvalue weighted by Crippen LogP contribution is -2.38. The molecule has 18 heavy (non-hydrogen) atoms. The van der Waals surface area contributed by atoms with Crippen molar-refractivity contribution in [1.29, 1.82) is 0 Å². The molecule has 0 spiro atoms. The maximum atomic E-state index is 13.8. The first kappa shape index (κ1) is 14.4. The summed E-state index contributed by atoms with van der Waals surface area (Å²) >= 11 is 0. The van der Waals surface area contributed by atoms with Gasteiger partial charge in [0.15, 0.2) is 5.82 Å². The average Bonchev–Trinajstić information content (AvgIpc) is 2.30. The first-order valence-corrected chi connectivity index (χ1v) is 5.94. The van der Waals surface area contributed by atoms with Gasteiger partial charge in [-0.3, -0.25) is 4.79 Å². The van der Waals surface area contributed by atoms with Crippen LogP contribution in [0.25, 0.3) is 0 Å². The second kappa shape index (κ2) is 5.80. The number of amides is 1. The normalized spacial score (nSPS) is 10.8. The second-order valence-corrected chi connectivity index (χ2v) is 4.42. The molecule has 0 bridgehead atoms. The molecule has 1 aromatic carbocycles. The lowest BCUT2D eigenvalue weighted by atomic mass is 10.1. The molecule has 0 radical (unpaired) electrons. The maximum Gasteiger partial charge on any atom is 0.260 e. The van der Waals surface area contributed by atoms with E-state index in [9.17, 15) is 13.6 Å². The van der Waals surface area contributed by atoms with Gasteiger partial charge in [-0.05, 0) is 32.4 Å². The minimum Gasteiger partial charge on any atom is -0.396 e. The summed E-state index contributed by atoms with van der Waals surface area (Å²) in [7, 11) is 0. The highest BCUT2D eigenvalue weighted by Gasteiger charge is 2.25. The van der Waals surface area contributed by atoms with Gasteiger partial charge in [0.25, 0.3) is 5.91 Å². The third kappa shape index (κ3) is 2.78. The monoisotopic (exact) mass is 256 g/mol. The van der Waals surface area contributed by atoms with Crippen LogP contribution in [0.3, 0.4) is 0 Å². The quantitative estimate of drug-likeness (QED) is 0.842. The third-order valence-corrected chi connectivity index (χ3v) is 2.68. The van der Waals surface area contributed by atoms with Gasteiger partial charge in [0.2, 0.25) is 0 Å². The first-order chi connectivity index (χ1) is 8.40. The van der Waals surface area contributed by atoms with Gasteiger partial charge in [-0.25, -0.2) is 8.78 Å². The van der Waals surface area contributed by atoms with Crippen LogP contribution in [0, 0.1) is 11.6 Å². The molecule has 2 N–H and O–H groups in total. The summed E-state index contributed by atoms with van der Waals surface area (Å²) < 4.78 is 27.4. The van der Waals surface area contributed by atoms with Gasteiger partial charge in [-0.1, -0.05) is 6.92 Å². The van der Waals surface area contributed by atoms with Crippen molar-refractivity contribution in [2.45, 2.75) is 33.2 Å².